The highest BCUT2D eigenvalue weighted by molar-refractivity contribution is 6.31. The van der Waals surface area contributed by atoms with E-state index in [1.165, 1.54) is 17.0 Å². The van der Waals surface area contributed by atoms with Crippen molar-refractivity contribution in [2.24, 2.45) is 0 Å². The molecule has 1 N–H and O–H groups in total. The first-order valence-corrected chi connectivity index (χ1v) is 12.4. The summed E-state index contributed by atoms with van der Waals surface area (Å²) in [5, 5.41) is 1.86. The number of amides is 2. The highest BCUT2D eigenvalue weighted by Crippen LogP contribution is 2.48. The summed E-state index contributed by atoms with van der Waals surface area (Å²) in [4.78, 5) is 34.2. The van der Waals surface area contributed by atoms with E-state index in [0.717, 1.165) is 22.0 Å². The molecule has 0 spiro atoms. The molecule has 36 heavy (non-hydrogen) atoms. The number of halogens is 3. The predicted molar refractivity (Wildman–Crippen MR) is 137 cm³/mol. The molecule has 0 bridgehead atoms. The first kappa shape index (κ1) is 23.1. The van der Waals surface area contributed by atoms with Crippen LogP contribution in [0.4, 0.5) is 4.39 Å². The molecule has 1 aromatic heterocycles. The van der Waals surface area contributed by atoms with Gasteiger partial charge in [-0.05, 0) is 48.4 Å². The molecule has 0 radical (unpaired) electrons. The topological polar surface area (TPSA) is 56.4 Å². The van der Waals surface area contributed by atoms with Gasteiger partial charge in [0.1, 0.15) is 12.4 Å². The van der Waals surface area contributed by atoms with Crippen LogP contribution in [-0.4, -0.2) is 39.7 Å². The summed E-state index contributed by atoms with van der Waals surface area (Å²) in [5.41, 5.74) is 2.48. The van der Waals surface area contributed by atoms with Gasteiger partial charge < -0.3 is 14.8 Å². The number of nitrogens with one attached hydrogen (secondary N) is 1. The quantitative estimate of drug-likeness (QED) is 0.367. The Hall–Kier alpha value is -3.35. The smallest absolute Gasteiger partial charge is 0.255 e. The second-order valence-corrected chi connectivity index (χ2v) is 10.3. The molecule has 4 aromatic rings. The maximum atomic E-state index is 14.6. The van der Waals surface area contributed by atoms with E-state index in [9.17, 15) is 14.0 Å². The Balaban J connectivity index is 1.51. The molecule has 2 atom stereocenters. The van der Waals surface area contributed by atoms with Gasteiger partial charge in [-0.15, -0.1) is 0 Å². The van der Waals surface area contributed by atoms with Gasteiger partial charge in [0.2, 0.25) is 5.91 Å². The van der Waals surface area contributed by atoms with Crippen LogP contribution >= 0.6 is 23.2 Å². The molecule has 1 saturated heterocycles. The maximum Gasteiger partial charge on any atom is 0.255 e. The SMILES string of the molecule is C[C@]12C(=O)N(Cc3c(F)cccc3Cl)CC(=O)N1C[C@@H](c1ccc(Cl)cc1)c1c2[nH]c2ccccc12. The van der Waals surface area contributed by atoms with Crippen molar-refractivity contribution in [3.8, 4) is 0 Å². The van der Waals surface area contributed by atoms with Crippen molar-refractivity contribution in [2.45, 2.75) is 24.9 Å². The van der Waals surface area contributed by atoms with Crippen molar-refractivity contribution in [1.82, 2.24) is 14.8 Å². The highest BCUT2D eigenvalue weighted by atomic mass is 35.5. The van der Waals surface area contributed by atoms with Gasteiger partial charge in [0, 0.05) is 39.0 Å². The van der Waals surface area contributed by atoms with Gasteiger partial charge in [0.05, 0.1) is 12.2 Å². The third-order valence-corrected chi connectivity index (χ3v) is 8.11. The van der Waals surface area contributed by atoms with Gasteiger partial charge in [0.25, 0.3) is 5.91 Å². The standard InChI is InChI=1S/C28H22Cl2FN3O2/c1-28-26-25(18-5-2-3-8-23(18)32-26)19(16-9-11-17(29)12-10-16)14-34(28)24(35)15-33(27(28)36)13-20-21(30)6-4-7-22(20)31/h2-12,19,32H,13-15H2,1H3/t19-,28-/m0/s1. The van der Waals surface area contributed by atoms with Crippen molar-refractivity contribution in [3.05, 3.63) is 105 Å². The molecule has 5 nitrogen and oxygen atoms in total. The highest BCUT2D eigenvalue weighted by Gasteiger charge is 2.56. The average molecular weight is 522 g/mol. The predicted octanol–water partition coefficient (Wildman–Crippen LogP) is 5.85. The number of carbonyl (C=O) groups excluding carboxylic acids is 2. The zero-order valence-electron chi connectivity index (χ0n) is 19.4. The first-order chi connectivity index (χ1) is 17.3. The zero-order valence-corrected chi connectivity index (χ0v) is 20.9. The number of fused-ring (bicyclic) bond motifs is 5. The molecule has 0 aliphatic carbocycles. The van der Waals surface area contributed by atoms with Crippen LogP contribution < -0.4 is 0 Å². The third-order valence-electron chi connectivity index (χ3n) is 7.50. The second kappa shape index (κ2) is 8.36. The summed E-state index contributed by atoms with van der Waals surface area (Å²) in [6.07, 6.45) is 0. The van der Waals surface area contributed by atoms with Crippen LogP contribution in [-0.2, 0) is 21.7 Å². The molecular formula is C28H22Cl2FN3O2. The number of hydrogen-bond acceptors (Lipinski definition) is 2. The van der Waals surface area contributed by atoms with E-state index in [4.69, 9.17) is 23.2 Å². The number of aromatic nitrogens is 1. The second-order valence-electron chi connectivity index (χ2n) is 9.50. The molecule has 2 aliphatic heterocycles. The Labute approximate surface area is 217 Å². The minimum absolute atomic E-state index is 0.0876. The normalized spacial score (nSPS) is 21.6. The molecular weight excluding hydrogens is 500 g/mol. The summed E-state index contributed by atoms with van der Waals surface area (Å²) in [6.45, 7) is 1.87. The minimum Gasteiger partial charge on any atom is -0.356 e. The number of benzene rings is 3. The van der Waals surface area contributed by atoms with Crippen molar-refractivity contribution >= 4 is 45.9 Å². The van der Waals surface area contributed by atoms with E-state index in [1.807, 2.05) is 48.5 Å². The van der Waals surface area contributed by atoms with Gasteiger partial charge in [-0.25, -0.2) is 4.39 Å². The minimum atomic E-state index is -1.27. The van der Waals surface area contributed by atoms with Crippen LogP contribution in [0.25, 0.3) is 10.9 Å². The number of para-hydroxylation sites is 1. The maximum absolute atomic E-state index is 14.6. The molecule has 2 aliphatic rings. The van der Waals surface area contributed by atoms with Crippen molar-refractivity contribution in [2.75, 3.05) is 13.1 Å². The molecule has 6 rings (SSSR count). The Morgan fingerprint density at radius 1 is 1.03 bits per heavy atom. The van der Waals surface area contributed by atoms with E-state index in [-0.39, 0.29) is 41.4 Å². The molecule has 8 heteroatoms. The monoisotopic (exact) mass is 521 g/mol. The lowest BCUT2D eigenvalue weighted by Gasteiger charge is -2.51. The summed E-state index contributed by atoms with van der Waals surface area (Å²) in [5.74, 6) is -1.13. The summed E-state index contributed by atoms with van der Waals surface area (Å²) >= 11 is 12.4. The van der Waals surface area contributed by atoms with Crippen molar-refractivity contribution in [3.63, 3.8) is 0 Å². The molecule has 3 aromatic carbocycles. The number of nitrogens with zero attached hydrogens (tertiary/aromatic N) is 2. The van der Waals surface area contributed by atoms with Crippen LogP contribution in [0.3, 0.4) is 0 Å². The lowest BCUT2D eigenvalue weighted by Crippen LogP contribution is -2.67. The molecule has 1 fully saturated rings. The Kier molecular flexibility index (Phi) is 5.36. The van der Waals surface area contributed by atoms with Gasteiger partial charge in [-0.3, -0.25) is 9.59 Å². The van der Waals surface area contributed by atoms with E-state index in [1.54, 1.807) is 17.9 Å². The number of aromatic amines is 1. The fraction of sp³-hybridized carbons (Fsp3) is 0.214. The molecule has 2 amide bonds. The van der Waals surface area contributed by atoms with E-state index < -0.39 is 11.4 Å². The lowest BCUT2D eigenvalue weighted by atomic mass is 9.76. The Bertz CT molecular complexity index is 1510. The van der Waals surface area contributed by atoms with Crippen LogP contribution in [0.2, 0.25) is 10.0 Å². The molecule has 182 valence electrons. The fourth-order valence-electron chi connectivity index (χ4n) is 5.67. The lowest BCUT2D eigenvalue weighted by molar-refractivity contribution is -0.167. The summed E-state index contributed by atoms with van der Waals surface area (Å²) in [6, 6.07) is 19.9. The van der Waals surface area contributed by atoms with Gasteiger partial charge >= 0.3 is 0 Å². The summed E-state index contributed by atoms with van der Waals surface area (Å²) in [7, 11) is 0. The van der Waals surface area contributed by atoms with E-state index >= 15 is 0 Å². The number of rotatable bonds is 3. The van der Waals surface area contributed by atoms with Gasteiger partial charge in [-0.1, -0.05) is 59.6 Å². The Morgan fingerprint density at radius 2 is 1.78 bits per heavy atom. The number of H-pyrrole nitrogens is 1. The zero-order chi connectivity index (χ0) is 25.2. The third kappa shape index (κ3) is 3.35. The molecule has 3 heterocycles. The van der Waals surface area contributed by atoms with Crippen LogP contribution in [0.15, 0.2) is 66.7 Å². The van der Waals surface area contributed by atoms with Crippen molar-refractivity contribution in [1.29, 1.82) is 0 Å². The van der Waals surface area contributed by atoms with Crippen molar-refractivity contribution < 1.29 is 14.0 Å². The number of hydrogen-bond donors (Lipinski definition) is 1. The average Bonchev–Trinajstić information content (AvgIpc) is 3.26. The van der Waals surface area contributed by atoms with Crippen LogP contribution in [0.5, 0.6) is 0 Å². The summed E-state index contributed by atoms with van der Waals surface area (Å²) < 4.78 is 14.6. The molecule has 0 saturated carbocycles. The van der Waals surface area contributed by atoms with Gasteiger partial charge in [-0.2, -0.15) is 0 Å². The van der Waals surface area contributed by atoms with Gasteiger partial charge in [0.15, 0.2) is 5.54 Å². The van der Waals surface area contributed by atoms with E-state index in [0.29, 0.717) is 17.3 Å². The van der Waals surface area contributed by atoms with Crippen LogP contribution in [0.1, 0.15) is 35.2 Å². The van der Waals surface area contributed by atoms with Crippen LogP contribution in [0, 0.1) is 5.82 Å². The molecule has 0 unspecified atom stereocenters. The fourth-order valence-corrected chi connectivity index (χ4v) is 6.02. The Morgan fingerprint density at radius 3 is 2.53 bits per heavy atom. The first-order valence-electron chi connectivity index (χ1n) is 11.7. The number of piperazine rings is 1. The largest absolute Gasteiger partial charge is 0.356 e. The van der Waals surface area contributed by atoms with E-state index in [2.05, 4.69) is 4.98 Å². The number of carbonyl (C=O) groups is 2.